The molecule has 5 aromatic rings. The molecule has 0 fully saturated rings. The first-order chi connectivity index (χ1) is 21.0. The molecular weight excluding hydrogens is 546 g/mol. The first kappa shape index (κ1) is 28.6. The number of oxazole rings is 1. The zero-order valence-electron chi connectivity index (χ0n) is 23.4. The Morgan fingerprint density at radius 1 is 1.05 bits per heavy atom. The molecule has 0 aliphatic heterocycles. The number of nitriles is 1. The van der Waals surface area contributed by atoms with E-state index >= 15 is 0 Å². The summed E-state index contributed by atoms with van der Waals surface area (Å²) < 4.78 is 16.6. The fraction of sp³-hybridized carbons (Fsp3) is 0.156. The van der Waals surface area contributed by atoms with E-state index in [2.05, 4.69) is 26.3 Å². The van der Waals surface area contributed by atoms with E-state index in [0.29, 0.717) is 42.2 Å². The Balaban J connectivity index is 1.04. The average molecular weight is 576 g/mol. The van der Waals surface area contributed by atoms with E-state index in [1.807, 2.05) is 84.7 Å². The van der Waals surface area contributed by atoms with E-state index < -0.39 is 6.09 Å². The smallest absolute Gasteiger partial charge is 0.407 e. The number of nitrogens with one attached hydrogen (secondary N) is 1. The number of carbonyl (C=O) groups is 1. The third-order valence-electron chi connectivity index (χ3n) is 6.43. The number of likely N-dealkylation sites (N-methyl/N-ethyl adjacent to an activating group) is 1. The largest absolute Gasteiger partial charge is 0.459 e. The minimum Gasteiger partial charge on any atom is -0.459 e. The Morgan fingerprint density at radius 3 is 2.56 bits per heavy atom. The van der Waals surface area contributed by atoms with Gasteiger partial charge in [-0.25, -0.2) is 14.8 Å². The van der Waals surface area contributed by atoms with Gasteiger partial charge in [0.15, 0.2) is 5.58 Å². The van der Waals surface area contributed by atoms with Crippen molar-refractivity contribution in [2.75, 3.05) is 30.8 Å². The zero-order chi connectivity index (χ0) is 30.0. The lowest BCUT2D eigenvalue weighted by atomic mass is 10.1. The van der Waals surface area contributed by atoms with Crippen LogP contribution in [0.3, 0.4) is 0 Å². The summed E-state index contributed by atoms with van der Waals surface area (Å²) in [7, 11) is 1.91. The number of nitrogens with zero attached hydrogens (tertiary/aromatic N) is 5. The van der Waals surface area contributed by atoms with Crippen molar-refractivity contribution in [3.63, 3.8) is 0 Å². The minimum atomic E-state index is -0.497. The number of para-hydroxylation sites is 2. The zero-order valence-corrected chi connectivity index (χ0v) is 23.4. The van der Waals surface area contributed by atoms with Gasteiger partial charge in [0.1, 0.15) is 36.2 Å². The van der Waals surface area contributed by atoms with E-state index in [-0.39, 0.29) is 18.5 Å². The van der Waals surface area contributed by atoms with Gasteiger partial charge in [-0.15, -0.1) is 0 Å². The van der Waals surface area contributed by atoms with E-state index in [1.165, 1.54) is 6.20 Å². The summed E-state index contributed by atoms with van der Waals surface area (Å²) in [4.78, 5) is 26.6. The van der Waals surface area contributed by atoms with Gasteiger partial charge in [-0.2, -0.15) is 10.2 Å². The van der Waals surface area contributed by atoms with Crippen LogP contribution in [0.1, 0.15) is 22.6 Å². The molecule has 0 aliphatic carbocycles. The van der Waals surface area contributed by atoms with Gasteiger partial charge in [0.2, 0.25) is 5.89 Å². The molecule has 2 heterocycles. The Kier molecular flexibility index (Phi) is 9.09. The topological polar surface area (TPSA) is 152 Å². The third-order valence-corrected chi connectivity index (χ3v) is 6.43. The molecule has 0 atom stereocenters. The number of carbonyl (C=O) groups excluding carboxylic acids is 1. The highest BCUT2D eigenvalue weighted by Gasteiger charge is 2.11. The second-order valence-corrected chi connectivity index (χ2v) is 9.53. The number of amides is 1. The van der Waals surface area contributed by atoms with Crippen molar-refractivity contribution in [3.8, 4) is 12.1 Å². The number of fused-ring (bicyclic) bond motifs is 1. The van der Waals surface area contributed by atoms with Gasteiger partial charge < -0.3 is 29.8 Å². The summed E-state index contributed by atoms with van der Waals surface area (Å²) >= 11 is 0. The van der Waals surface area contributed by atoms with E-state index in [1.54, 1.807) is 12.1 Å². The molecule has 43 heavy (non-hydrogen) atoms. The van der Waals surface area contributed by atoms with Crippen LogP contribution in [-0.4, -0.2) is 41.2 Å². The summed E-state index contributed by atoms with van der Waals surface area (Å²) in [5.74, 6) is 0.630. The van der Waals surface area contributed by atoms with Crippen LogP contribution in [0, 0.1) is 11.3 Å². The van der Waals surface area contributed by atoms with Crippen molar-refractivity contribution in [1.29, 1.82) is 5.26 Å². The van der Waals surface area contributed by atoms with Crippen molar-refractivity contribution in [2.24, 2.45) is 0 Å². The Bertz CT molecular complexity index is 1730. The number of aromatic nitrogens is 3. The quantitative estimate of drug-likeness (QED) is 0.201. The number of anilines is 2. The van der Waals surface area contributed by atoms with Crippen molar-refractivity contribution in [1.82, 2.24) is 20.3 Å². The molecular formula is C32H29N7O4. The number of nitrogens with two attached hydrogens (primary N) is 1. The molecule has 0 unspecified atom stereocenters. The summed E-state index contributed by atoms with van der Waals surface area (Å²) in [5.41, 5.74) is 10.9. The second kappa shape index (κ2) is 13.6. The summed E-state index contributed by atoms with van der Waals surface area (Å²) in [6.07, 6.45) is 2.78. The number of rotatable bonds is 11. The maximum atomic E-state index is 12.2. The maximum Gasteiger partial charge on any atom is 0.407 e. The number of ether oxygens (including phenoxy) is 2. The summed E-state index contributed by atoms with van der Waals surface area (Å²) in [6, 6.07) is 26.7. The van der Waals surface area contributed by atoms with Gasteiger partial charge in [0.05, 0.1) is 6.54 Å². The molecule has 0 aliphatic rings. The second-order valence-electron chi connectivity index (χ2n) is 9.53. The lowest BCUT2D eigenvalue weighted by Gasteiger charge is -2.19. The normalized spacial score (nSPS) is 11.1. The molecule has 2 aromatic heterocycles. The standard InChI is InChI=1S/C32H29N7O4/c1-39(26-12-10-22(11-13-26)18-25(19-33)30-37-27-4-2-3-5-28(27)43-30)16-17-41-32(40)36-20-23-6-8-24(9-7-23)21-42-31-35-15-14-29(34)38-31/h2-15,18H,16-17,20-21H2,1H3,(H,36,40)(H2,34,35,38)/b25-18+. The molecule has 0 saturated heterocycles. The predicted octanol–water partition coefficient (Wildman–Crippen LogP) is 5.21. The van der Waals surface area contributed by atoms with Gasteiger partial charge in [0, 0.05) is 25.5 Å². The highest BCUT2D eigenvalue weighted by molar-refractivity contribution is 5.89. The SMILES string of the molecule is CN(CCOC(=O)NCc1ccc(COc2nccc(N)n2)cc1)c1ccc(/C=C(\C#N)c2nc3ccccc3o2)cc1. The van der Waals surface area contributed by atoms with Gasteiger partial charge in [-0.1, -0.05) is 48.5 Å². The molecule has 3 aromatic carbocycles. The molecule has 0 saturated carbocycles. The highest BCUT2D eigenvalue weighted by Crippen LogP contribution is 2.23. The van der Waals surface area contributed by atoms with Crippen LogP contribution in [0.4, 0.5) is 16.3 Å². The van der Waals surface area contributed by atoms with Gasteiger partial charge in [0.25, 0.3) is 0 Å². The molecule has 3 N–H and O–H groups in total. The molecule has 5 rings (SSSR count). The Morgan fingerprint density at radius 2 is 1.81 bits per heavy atom. The number of alkyl carbamates (subject to hydrolysis) is 1. The number of allylic oxidation sites excluding steroid dienone is 1. The van der Waals surface area contributed by atoms with Crippen LogP contribution < -0.4 is 20.7 Å². The third kappa shape index (κ3) is 7.86. The number of benzene rings is 3. The average Bonchev–Trinajstić information content (AvgIpc) is 3.47. The molecule has 1 amide bonds. The minimum absolute atomic E-state index is 0.211. The fourth-order valence-corrected chi connectivity index (χ4v) is 4.08. The van der Waals surface area contributed by atoms with Gasteiger partial charge >= 0.3 is 12.1 Å². The van der Waals surface area contributed by atoms with Crippen molar-refractivity contribution in [3.05, 3.63) is 108 Å². The lowest BCUT2D eigenvalue weighted by molar-refractivity contribution is 0.148. The van der Waals surface area contributed by atoms with E-state index in [9.17, 15) is 10.1 Å². The number of hydrogen-bond donors (Lipinski definition) is 2. The van der Waals surface area contributed by atoms with Crippen LogP contribution in [0.15, 0.2) is 89.5 Å². The van der Waals surface area contributed by atoms with E-state index in [4.69, 9.17) is 19.6 Å². The first-order valence-electron chi connectivity index (χ1n) is 13.5. The Labute approximate surface area is 248 Å². The molecule has 0 spiro atoms. The van der Waals surface area contributed by atoms with Crippen molar-refractivity contribution < 1.29 is 18.7 Å². The molecule has 0 bridgehead atoms. The fourth-order valence-electron chi connectivity index (χ4n) is 4.08. The van der Waals surface area contributed by atoms with Crippen LogP contribution in [0.5, 0.6) is 6.01 Å². The summed E-state index contributed by atoms with van der Waals surface area (Å²) in [6.45, 7) is 1.34. The first-order valence-corrected chi connectivity index (χ1v) is 13.5. The molecule has 0 radical (unpaired) electrons. The van der Waals surface area contributed by atoms with Crippen LogP contribution in [0.2, 0.25) is 0 Å². The molecule has 11 nitrogen and oxygen atoms in total. The molecule has 216 valence electrons. The number of hydrogen-bond acceptors (Lipinski definition) is 10. The van der Waals surface area contributed by atoms with E-state index in [0.717, 1.165) is 22.4 Å². The lowest BCUT2D eigenvalue weighted by Crippen LogP contribution is -2.28. The van der Waals surface area contributed by atoms with Crippen LogP contribution >= 0.6 is 0 Å². The van der Waals surface area contributed by atoms with Gasteiger partial charge in [-0.3, -0.25) is 0 Å². The summed E-state index contributed by atoms with van der Waals surface area (Å²) in [5, 5.41) is 12.4. The Hall–Kier alpha value is -5.89. The van der Waals surface area contributed by atoms with Crippen molar-refractivity contribution >= 4 is 40.3 Å². The molecule has 11 heteroatoms. The highest BCUT2D eigenvalue weighted by atomic mass is 16.5. The van der Waals surface area contributed by atoms with Crippen LogP contribution in [0.25, 0.3) is 22.7 Å². The predicted molar refractivity (Wildman–Crippen MR) is 163 cm³/mol. The van der Waals surface area contributed by atoms with Crippen LogP contribution in [-0.2, 0) is 17.9 Å². The monoisotopic (exact) mass is 575 g/mol. The van der Waals surface area contributed by atoms with Gasteiger partial charge in [-0.05, 0) is 53.1 Å². The number of nitrogen functional groups attached to an aromatic ring is 1. The maximum absolute atomic E-state index is 12.2. The van der Waals surface area contributed by atoms with Crippen molar-refractivity contribution in [2.45, 2.75) is 13.2 Å².